The number of methoxy groups -OCH3 is 1. The van der Waals surface area contributed by atoms with Crippen molar-refractivity contribution in [3.05, 3.63) is 108 Å². The molecule has 0 fully saturated rings. The average Bonchev–Trinajstić information content (AvgIpc) is 3.62. The number of nitrogens with one attached hydrogen (secondary N) is 1. The van der Waals surface area contributed by atoms with Crippen LogP contribution in [0.3, 0.4) is 0 Å². The lowest BCUT2D eigenvalue weighted by molar-refractivity contribution is 0.414. The SMILES string of the molecule is COc1ccc(Cn2nc(-c3nc4c(C(C)CN)cccc4[nH]3)c3cc(-c4cncc5ccccc45)ccc32)cc1. The molecule has 3 aromatic heterocycles. The lowest BCUT2D eigenvalue weighted by Gasteiger charge is -2.08. The molecule has 7 heteroatoms. The number of H-pyrrole nitrogens is 1. The van der Waals surface area contributed by atoms with Gasteiger partial charge in [0.1, 0.15) is 11.4 Å². The van der Waals surface area contributed by atoms with Crippen LogP contribution in [0.2, 0.25) is 0 Å². The number of aromatic nitrogens is 5. The van der Waals surface area contributed by atoms with E-state index in [9.17, 15) is 0 Å². The van der Waals surface area contributed by atoms with Crippen LogP contribution < -0.4 is 10.5 Å². The van der Waals surface area contributed by atoms with Crippen molar-refractivity contribution >= 4 is 32.7 Å². The summed E-state index contributed by atoms with van der Waals surface area (Å²) >= 11 is 0. The number of hydrogen-bond acceptors (Lipinski definition) is 5. The Labute approximate surface area is 237 Å². The molecule has 0 amide bonds. The Hall–Kier alpha value is -5.01. The smallest absolute Gasteiger partial charge is 0.159 e. The van der Waals surface area contributed by atoms with Crippen molar-refractivity contribution < 1.29 is 4.74 Å². The number of fused-ring (bicyclic) bond motifs is 3. The summed E-state index contributed by atoms with van der Waals surface area (Å²) in [5.41, 5.74) is 14.2. The van der Waals surface area contributed by atoms with Crippen molar-refractivity contribution in [2.45, 2.75) is 19.4 Å². The molecule has 0 aliphatic carbocycles. The quantitative estimate of drug-likeness (QED) is 0.230. The van der Waals surface area contributed by atoms with Gasteiger partial charge in [-0.3, -0.25) is 9.67 Å². The van der Waals surface area contributed by atoms with Crippen molar-refractivity contribution in [2.24, 2.45) is 5.73 Å². The molecule has 0 aliphatic heterocycles. The van der Waals surface area contributed by atoms with Crippen LogP contribution >= 0.6 is 0 Å². The van der Waals surface area contributed by atoms with Crippen LogP contribution in [0, 0.1) is 0 Å². The zero-order valence-corrected chi connectivity index (χ0v) is 23.0. The van der Waals surface area contributed by atoms with E-state index in [0.717, 1.165) is 72.2 Å². The number of pyridine rings is 1. The molecule has 4 aromatic carbocycles. The van der Waals surface area contributed by atoms with Crippen LogP contribution in [0.15, 0.2) is 97.3 Å². The van der Waals surface area contributed by atoms with Gasteiger partial charge in [0.15, 0.2) is 5.82 Å². The van der Waals surface area contributed by atoms with E-state index in [2.05, 4.69) is 83.6 Å². The molecule has 0 radical (unpaired) electrons. The van der Waals surface area contributed by atoms with Crippen LogP contribution in [0.5, 0.6) is 5.75 Å². The summed E-state index contributed by atoms with van der Waals surface area (Å²) in [7, 11) is 1.68. The van der Waals surface area contributed by atoms with Gasteiger partial charge in [-0.1, -0.05) is 61.5 Å². The number of benzene rings is 4. The van der Waals surface area contributed by atoms with Crippen LogP contribution in [0.4, 0.5) is 0 Å². The number of imidazole rings is 1. The number of nitrogens with zero attached hydrogens (tertiary/aromatic N) is 4. The van der Waals surface area contributed by atoms with E-state index >= 15 is 0 Å². The molecule has 0 spiro atoms. The summed E-state index contributed by atoms with van der Waals surface area (Å²) in [6, 6.07) is 29.2. The van der Waals surface area contributed by atoms with Crippen molar-refractivity contribution in [3.63, 3.8) is 0 Å². The van der Waals surface area contributed by atoms with E-state index in [1.807, 2.05) is 35.3 Å². The molecule has 202 valence electrons. The molecule has 0 saturated heterocycles. The van der Waals surface area contributed by atoms with Gasteiger partial charge in [0, 0.05) is 28.7 Å². The molecular formula is C34H30N6O. The summed E-state index contributed by atoms with van der Waals surface area (Å²) in [4.78, 5) is 13.2. The summed E-state index contributed by atoms with van der Waals surface area (Å²) in [6.07, 6.45) is 3.84. The minimum absolute atomic E-state index is 0.199. The van der Waals surface area contributed by atoms with Gasteiger partial charge in [-0.15, -0.1) is 0 Å². The second-order valence-corrected chi connectivity index (χ2v) is 10.5. The van der Waals surface area contributed by atoms with Gasteiger partial charge in [-0.2, -0.15) is 5.10 Å². The van der Waals surface area contributed by atoms with E-state index in [-0.39, 0.29) is 5.92 Å². The van der Waals surface area contributed by atoms with Crippen LogP contribution in [0.25, 0.3) is 55.4 Å². The van der Waals surface area contributed by atoms with E-state index in [4.69, 9.17) is 20.6 Å². The van der Waals surface area contributed by atoms with E-state index in [1.165, 1.54) is 0 Å². The number of para-hydroxylation sites is 1. The third kappa shape index (κ3) is 4.40. The molecule has 0 saturated carbocycles. The molecule has 0 bridgehead atoms. The normalized spacial score (nSPS) is 12.4. The highest BCUT2D eigenvalue weighted by molar-refractivity contribution is 6.01. The van der Waals surface area contributed by atoms with Gasteiger partial charge < -0.3 is 15.5 Å². The molecule has 3 N–H and O–H groups in total. The fourth-order valence-corrected chi connectivity index (χ4v) is 5.58. The predicted octanol–water partition coefficient (Wildman–Crippen LogP) is 6.91. The lowest BCUT2D eigenvalue weighted by Crippen LogP contribution is -2.09. The van der Waals surface area contributed by atoms with Gasteiger partial charge in [0.2, 0.25) is 0 Å². The van der Waals surface area contributed by atoms with Crippen molar-refractivity contribution in [1.29, 1.82) is 0 Å². The molecule has 1 atom stereocenters. The van der Waals surface area contributed by atoms with Crippen LogP contribution in [0.1, 0.15) is 24.0 Å². The topological polar surface area (TPSA) is 94.6 Å². The minimum Gasteiger partial charge on any atom is -0.497 e. The maximum atomic E-state index is 6.03. The Balaban J connectivity index is 1.42. The number of ether oxygens (including phenoxy) is 1. The second kappa shape index (κ2) is 10.2. The van der Waals surface area contributed by atoms with Gasteiger partial charge in [-0.05, 0) is 64.9 Å². The van der Waals surface area contributed by atoms with Gasteiger partial charge >= 0.3 is 0 Å². The summed E-state index contributed by atoms with van der Waals surface area (Å²) in [5.74, 6) is 1.77. The first kappa shape index (κ1) is 25.0. The zero-order chi connectivity index (χ0) is 27.9. The Morgan fingerprint density at radius 3 is 2.61 bits per heavy atom. The first-order chi connectivity index (χ1) is 20.1. The molecule has 0 aliphatic rings. The maximum absolute atomic E-state index is 6.03. The second-order valence-electron chi connectivity index (χ2n) is 10.5. The Morgan fingerprint density at radius 1 is 0.927 bits per heavy atom. The monoisotopic (exact) mass is 538 g/mol. The van der Waals surface area contributed by atoms with E-state index in [0.29, 0.717) is 13.1 Å². The first-order valence-corrected chi connectivity index (χ1v) is 13.8. The average molecular weight is 539 g/mol. The highest BCUT2D eigenvalue weighted by atomic mass is 16.5. The third-order valence-electron chi connectivity index (χ3n) is 7.87. The Kier molecular flexibility index (Phi) is 6.21. The van der Waals surface area contributed by atoms with Gasteiger partial charge in [0.05, 0.1) is 30.2 Å². The lowest BCUT2D eigenvalue weighted by atomic mass is 9.99. The van der Waals surface area contributed by atoms with E-state index in [1.54, 1.807) is 7.11 Å². The highest BCUT2D eigenvalue weighted by Gasteiger charge is 2.19. The fraction of sp³-hybridized carbons (Fsp3) is 0.147. The van der Waals surface area contributed by atoms with Gasteiger partial charge in [-0.25, -0.2) is 4.98 Å². The predicted molar refractivity (Wildman–Crippen MR) is 165 cm³/mol. The number of rotatable bonds is 7. The number of hydrogen-bond donors (Lipinski definition) is 2. The van der Waals surface area contributed by atoms with Crippen molar-refractivity contribution in [3.8, 4) is 28.4 Å². The highest BCUT2D eigenvalue weighted by Crippen LogP contribution is 2.35. The molecule has 7 rings (SSSR count). The number of nitrogens with two attached hydrogens (primary N) is 1. The summed E-state index contributed by atoms with van der Waals surface area (Å²) in [5, 5.41) is 8.44. The van der Waals surface area contributed by atoms with E-state index < -0.39 is 0 Å². The molecule has 41 heavy (non-hydrogen) atoms. The zero-order valence-electron chi connectivity index (χ0n) is 23.0. The maximum Gasteiger partial charge on any atom is 0.159 e. The fourth-order valence-electron chi connectivity index (χ4n) is 5.58. The Bertz CT molecular complexity index is 2020. The van der Waals surface area contributed by atoms with Crippen LogP contribution in [-0.4, -0.2) is 38.4 Å². The van der Waals surface area contributed by atoms with Crippen molar-refractivity contribution in [1.82, 2.24) is 24.7 Å². The molecule has 3 heterocycles. The number of aromatic amines is 1. The largest absolute Gasteiger partial charge is 0.497 e. The summed E-state index contributed by atoms with van der Waals surface area (Å²) < 4.78 is 7.40. The molecule has 7 nitrogen and oxygen atoms in total. The van der Waals surface area contributed by atoms with Gasteiger partial charge in [0.25, 0.3) is 0 Å². The van der Waals surface area contributed by atoms with Crippen molar-refractivity contribution in [2.75, 3.05) is 13.7 Å². The third-order valence-corrected chi connectivity index (χ3v) is 7.87. The minimum atomic E-state index is 0.199. The molecule has 1 unspecified atom stereocenters. The van der Waals surface area contributed by atoms with Crippen LogP contribution in [-0.2, 0) is 6.54 Å². The summed E-state index contributed by atoms with van der Waals surface area (Å²) in [6.45, 7) is 3.31. The molecule has 7 aromatic rings. The Morgan fingerprint density at radius 2 is 1.78 bits per heavy atom. The standard InChI is InChI=1S/C34H30N6O/c1-21(17-35)26-8-5-9-30-32(26)38-34(37-30)33-28-16-23(29-19-36-18-24-6-3-4-7-27(24)29)12-15-31(28)40(39-33)20-22-10-13-25(41-2)14-11-22/h3-16,18-19,21H,17,20,35H2,1-2H3,(H,37,38). The molecular weight excluding hydrogens is 508 g/mol. The first-order valence-electron chi connectivity index (χ1n) is 13.8.